The fraction of sp³-hybridized carbons (Fsp3) is 0.765. The number of hydrogen-bond acceptors (Lipinski definition) is 4. The van der Waals surface area contributed by atoms with Crippen LogP contribution in [-0.4, -0.2) is 23.1 Å². The quantitative estimate of drug-likeness (QED) is 0.895. The molecule has 0 amide bonds. The fourth-order valence-electron chi connectivity index (χ4n) is 4.67. The van der Waals surface area contributed by atoms with Crippen LogP contribution in [0.4, 0.5) is 11.6 Å². The lowest BCUT2D eigenvalue weighted by Gasteiger charge is -2.19. The maximum absolute atomic E-state index is 4.77. The van der Waals surface area contributed by atoms with E-state index in [2.05, 4.69) is 36.4 Å². The number of rotatable bonds is 3. The molecular formula is C17H26N4. The van der Waals surface area contributed by atoms with Gasteiger partial charge in [0, 0.05) is 24.6 Å². The molecule has 114 valence electrons. The van der Waals surface area contributed by atoms with Crippen molar-refractivity contribution in [2.24, 2.45) is 23.7 Å². The first kappa shape index (κ1) is 13.4. The third-order valence-corrected chi connectivity index (χ3v) is 5.70. The number of anilines is 2. The molecule has 4 nitrogen and oxygen atoms in total. The fourth-order valence-corrected chi connectivity index (χ4v) is 4.67. The number of hydrogen-bond donors (Lipinski definition) is 2. The summed E-state index contributed by atoms with van der Waals surface area (Å²) in [5, 5.41) is 6.88. The van der Waals surface area contributed by atoms with Crippen LogP contribution >= 0.6 is 0 Å². The van der Waals surface area contributed by atoms with Gasteiger partial charge in [0.15, 0.2) is 0 Å². The van der Waals surface area contributed by atoms with E-state index in [1.165, 1.54) is 19.3 Å². The Bertz CT molecular complexity index is 546. The molecule has 1 heterocycles. The molecule has 4 atom stereocenters. The number of fused-ring (bicyclic) bond motifs is 5. The first-order valence-corrected chi connectivity index (χ1v) is 8.31. The van der Waals surface area contributed by atoms with Gasteiger partial charge in [0.05, 0.1) is 0 Å². The van der Waals surface area contributed by atoms with E-state index in [-0.39, 0.29) is 5.41 Å². The maximum atomic E-state index is 4.77. The molecule has 0 radical (unpaired) electrons. The topological polar surface area (TPSA) is 49.8 Å². The van der Waals surface area contributed by atoms with Gasteiger partial charge in [-0.15, -0.1) is 0 Å². The van der Waals surface area contributed by atoms with Crippen molar-refractivity contribution in [3.8, 4) is 0 Å². The molecule has 3 fully saturated rings. The predicted octanol–water partition coefficient (Wildman–Crippen LogP) is 3.27. The first-order chi connectivity index (χ1) is 9.97. The molecule has 3 aliphatic rings. The van der Waals surface area contributed by atoms with Gasteiger partial charge < -0.3 is 10.6 Å². The highest BCUT2D eigenvalue weighted by Gasteiger charge is 2.65. The van der Waals surface area contributed by atoms with Crippen LogP contribution in [0.3, 0.4) is 0 Å². The maximum Gasteiger partial charge on any atom is 0.138 e. The summed E-state index contributed by atoms with van der Waals surface area (Å²) in [5.74, 6) is 6.65. The molecule has 21 heavy (non-hydrogen) atoms. The molecule has 4 rings (SSSR count). The summed E-state index contributed by atoms with van der Waals surface area (Å²) in [5.41, 5.74) is -0.0261. The van der Waals surface area contributed by atoms with E-state index in [4.69, 9.17) is 4.98 Å². The Hall–Kier alpha value is -1.32. The number of aromatic nitrogens is 2. The summed E-state index contributed by atoms with van der Waals surface area (Å²) in [4.78, 5) is 9.37. The van der Waals surface area contributed by atoms with E-state index in [0.717, 1.165) is 41.1 Å². The summed E-state index contributed by atoms with van der Waals surface area (Å²) in [6.45, 7) is 6.49. The van der Waals surface area contributed by atoms with Gasteiger partial charge >= 0.3 is 0 Å². The Kier molecular flexibility index (Phi) is 2.76. The smallest absolute Gasteiger partial charge is 0.138 e. The van der Waals surface area contributed by atoms with Gasteiger partial charge in [0.1, 0.15) is 17.5 Å². The third-order valence-electron chi connectivity index (χ3n) is 5.70. The highest BCUT2D eigenvalue weighted by atomic mass is 15.1. The van der Waals surface area contributed by atoms with Gasteiger partial charge in [-0.05, 0) is 42.9 Å². The summed E-state index contributed by atoms with van der Waals surface area (Å²) in [7, 11) is 1.92. The molecule has 0 saturated heterocycles. The molecule has 2 N–H and O–H groups in total. The molecule has 0 aliphatic heterocycles. The summed E-state index contributed by atoms with van der Waals surface area (Å²) < 4.78 is 0. The SMILES string of the molecule is CNc1cc(NC2C3C4CCC(C4)C23)nc(C(C)(C)C)n1. The van der Waals surface area contributed by atoms with Crippen molar-refractivity contribution in [1.82, 2.24) is 9.97 Å². The van der Waals surface area contributed by atoms with Gasteiger partial charge in [-0.2, -0.15) is 0 Å². The van der Waals surface area contributed by atoms with Crippen LogP contribution in [-0.2, 0) is 5.41 Å². The van der Waals surface area contributed by atoms with E-state index in [1.54, 1.807) is 0 Å². The summed E-state index contributed by atoms with van der Waals surface area (Å²) in [6.07, 6.45) is 4.41. The van der Waals surface area contributed by atoms with Crippen molar-refractivity contribution in [3.05, 3.63) is 11.9 Å². The van der Waals surface area contributed by atoms with Crippen LogP contribution in [0.25, 0.3) is 0 Å². The van der Waals surface area contributed by atoms with Crippen molar-refractivity contribution >= 4 is 11.6 Å². The van der Waals surface area contributed by atoms with Crippen molar-refractivity contribution in [3.63, 3.8) is 0 Å². The van der Waals surface area contributed by atoms with Crippen LogP contribution in [0.15, 0.2) is 6.07 Å². The van der Waals surface area contributed by atoms with Gasteiger partial charge in [-0.3, -0.25) is 0 Å². The third kappa shape index (κ3) is 2.11. The van der Waals surface area contributed by atoms with Crippen molar-refractivity contribution in [2.75, 3.05) is 17.7 Å². The Morgan fingerprint density at radius 3 is 2.24 bits per heavy atom. The van der Waals surface area contributed by atoms with Crippen molar-refractivity contribution < 1.29 is 0 Å². The zero-order valence-electron chi connectivity index (χ0n) is 13.5. The molecule has 2 bridgehead atoms. The molecule has 1 aromatic heterocycles. The highest BCUT2D eigenvalue weighted by molar-refractivity contribution is 5.50. The lowest BCUT2D eigenvalue weighted by molar-refractivity contribution is 0.456. The van der Waals surface area contributed by atoms with Crippen LogP contribution in [0.1, 0.15) is 45.9 Å². The molecule has 3 aliphatic carbocycles. The highest BCUT2D eigenvalue weighted by Crippen LogP contribution is 2.66. The Labute approximate surface area is 127 Å². The molecule has 0 spiro atoms. The summed E-state index contributed by atoms with van der Waals surface area (Å²) in [6, 6.07) is 2.72. The molecule has 4 heteroatoms. The second-order valence-corrected chi connectivity index (χ2v) is 8.12. The molecule has 0 aromatic carbocycles. The predicted molar refractivity (Wildman–Crippen MR) is 85.5 cm³/mol. The van der Waals surface area contributed by atoms with E-state index in [0.29, 0.717) is 6.04 Å². The summed E-state index contributed by atoms with van der Waals surface area (Å²) >= 11 is 0. The minimum atomic E-state index is -0.0261. The second-order valence-electron chi connectivity index (χ2n) is 8.12. The van der Waals surface area contributed by atoms with Crippen LogP contribution in [0.2, 0.25) is 0 Å². The lowest BCUT2D eigenvalue weighted by Crippen LogP contribution is -2.20. The van der Waals surface area contributed by atoms with E-state index in [9.17, 15) is 0 Å². The molecular weight excluding hydrogens is 260 g/mol. The molecule has 3 saturated carbocycles. The first-order valence-electron chi connectivity index (χ1n) is 8.31. The van der Waals surface area contributed by atoms with Crippen molar-refractivity contribution in [2.45, 2.75) is 51.5 Å². The Morgan fingerprint density at radius 2 is 1.67 bits per heavy atom. The van der Waals surface area contributed by atoms with Crippen LogP contribution in [0.5, 0.6) is 0 Å². The Morgan fingerprint density at radius 1 is 1.05 bits per heavy atom. The minimum absolute atomic E-state index is 0.0261. The van der Waals surface area contributed by atoms with E-state index in [1.807, 2.05) is 13.1 Å². The second kappa shape index (κ2) is 4.34. The van der Waals surface area contributed by atoms with E-state index < -0.39 is 0 Å². The van der Waals surface area contributed by atoms with Crippen LogP contribution < -0.4 is 10.6 Å². The minimum Gasteiger partial charge on any atom is -0.373 e. The number of nitrogens with one attached hydrogen (secondary N) is 2. The van der Waals surface area contributed by atoms with Gasteiger partial charge in [0.25, 0.3) is 0 Å². The average Bonchev–Trinajstić information content (AvgIpc) is 2.84. The van der Waals surface area contributed by atoms with Gasteiger partial charge in [0.2, 0.25) is 0 Å². The standard InChI is InChI=1S/C17H26N4/c1-17(2,3)16-20-11(18-4)8-12(21-16)19-15-13-9-5-6-10(7-9)14(13)15/h8-10,13-15H,5-7H2,1-4H3,(H2,18,19,20,21). The molecule has 4 unspecified atom stereocenters. The van der Waals surface area contributed by atoms with Gasteiger partial charge in [-0.1, -0.05) is 20.8 Å². The Balaban J connectivity index is 1.56. The van der Waals surface area contributed by atoms with E-state index >= 15 is 0 Å². The zero-order chi connectivity index (χ0) is 14.8. The monoisotopic (exact) mass is 286 g/mol. The van der Waals surface area contributed by atoms with Crippen molar-refractivity contribution in [1.29, 1.82) is 0 Å². The lowest BCUT2D eigenvalue weighted by atomic mass is 9.96. The normalized spacial score (nSPS) is 36.5. The average molecular weight is 286 g/mol. The van der Waals surface area contributed by atoms with Gasteiger partial charge in [-0.25, -0.2) is 9.97 Å². The zero-order valence-corrected chi connectivity index (χ0v) is 13.5. The van der Waals surface area contributed by atoms with Crippen LogP contribution in [0, 0.1) is 23.7 Å². The number of nitrogens with zero attached hydrogens (tertiary/aromatic N) is 2. The molecule has 1 aromatic rings. The largest absolute Gasteiger partial charge is 0.373 e.